The summed E-state index contributed by atoms with van der Waals surface area (Å²) in [5.41, 5.74) is 2.58. The van der Waals surface area contributed by atoms with Crippen LogP contribution >= 0.6 is 0 Å². The first kappa shape index (κ1) is 15.8. The Balaban J connectivity index is 1.51. The Kier molecular flexibility index (Phi) is 4.91. The van der Waals surface area contributed by atoms with Crippen molar-refractivity contribution in [3.63, 3.8) is 0 Å². The first-order valence-corrected chi connectivity index (χ1v) is 7.72. The van der Waals surface area contributed by atoms with Crippen LogP contribution in [0.1, 0.15) is 21.8 Å². The van der Waals surface area contributed by atoms with Gasteiger partial charge in [0.05, 0.1) is 12.3 Å². The van der Waals surface area contributed by atoms with Crippen molar-refractivity contribution in [2.45, 2.75) is 13.3 Å². The van der Waals surface area contributed by atoms with Gasteiger partial charge in [0.25, 0.3) is 5.91 Å². The van der Waals surface area contributed by atoms with Crippen LogP contribution in [-0.2, 0) is 6.42 Å². The van der Waals surface area contributed by atoms with E-state index >= 15 is 0 Å². The second-order valence-corrected chi connectivity index (χ2v) is 5.40. The molecule has 0 atom stereocenters. The highest BCUT2D eigenvalue weighted by Crippen LogP contribution is 2.17. The molecule has 0 saturated carbocycles. The van der Waals surface area contributed by atoms with Gasteiger partial charge in [-0.2, -0.15) is 0 Å². The molecule has 0 unspecified atom stereocenters. The second kappa shape index (κ2) is 7.46. The number of aromatic nitrogens is 1. The minimum Gasteiger partial charge on any atom is -0.493 e. The number of carbonyl (C=O) groups excluding carboxylic acids is 1. The summed E-state index contributed by atoms with van der Waals surface area (Å²) in [6.07, 6.45) is 0.851. The highest BCUT2D eigenvalue weighted by atomic mass is 16.5. The number of nitrogens with one attached hydrogen (secondary N) is 1. The Morgan fingerprint density at radius 3 is 2.54 bits per heavy atom. The maximum Gasteiger partial charge on any atom is 0.294 e. The number of rotatable bonds is 6. The van der Waals surface area contributed by atoms with Crippen LogP contribution in [0.5, 0.6) is 5.75 Å². The van der Waals surface area contributed by atoms with E-state index in [0.717, 1.165) is 12.2 Å². The molecule has 1 N–H and O–H groups in total. The van der Waals surface area contributed by atoms with E-state index in [1.54, 1.807) is 25.1 Å². The molecule has 0 aliphatic rings. The van der Waals surface area contributed by atoms with E-state index in [9.17, 15) is 4.79 Å². The molecule has 3 rings (SSSR count). The summed E-state index contributed by atoms with van der Waals surface area (Å²) in [6, 6.07) is 19.0. The fraction of sp³-hybridized carbons (Fsp3) is 0.158. The van der Waals surface area contributed by atoms with E-state index in [0.29, 0.717) is 18.0 Å². The Morgan fingerprint density at radius 2 is 1.88 bits per heavy atom. The predicted octanol–water partition coefficient (Wildman–Crippen LogP) is 3.86. The van der Waals surface area contributed by atoms with Crippen molar-refractivity contribution in [1.82, 2.24) is 5.16 Å². The van der Waals surface area contributed by atoms with Crippen LogP contribution in [0, 0.1) is 6.92 Å². The number of benzene rings is 2. The number of nitrogens with zero attached hydrogens (tertiary/aromatic N) is 1. The van der Waals surface area contributed by atoms with Crippen LogP contribution in [0.15, 0.2) is 65.2 Å². The lowest BCUT2D eigenvalue weighted by Crippen LogP contribution is -2.10. The fourth-order valence-electron chi connectivity index (χ4n) is 2.23. The van der Waals surface area contributed by atoms with Gasteiger partial charge in [0.1, 0.15) is 5.75 Å². The number of ether oxygens (including phenoxy) is 1. The molecule has 5 heteroatoms. The molecule has 0 aliphatic heterocycles. The molecule has 0 spiro atoms. The molecule has 5 nitrogen and oxygen atoms in total. The number of carbonyl (C=O) groups is 1. The Morgan fingerprint density at radius 1 is 1.12 bits per heavy atom. The first-order chi connectivity index (χ1) is 11.7. The fourth-order valence-corrected chi connectivity index (χ4v) is 2.23. The van der Waals surface area contributed by atoms with Crippen LogP contribution in [0.3, 0.4) is 0 Å². The lowest BCUT2D eigenvalue weighted by Gasteiger charge is -2.08. The van der Waals surface area contributed by atoms with Crippen molar-refractivity contribution in [3.05, 3.63) is 77.7 Å². The van der Waals surface area contributed by atoms with Crippen molar-refractivity contribution in [2.24, 2.45) is 0 Å². The van der Waals surface area contributed by atoms with E-state index in [-0.39, 0.29) is 11.7 Å². The molecule has 0 fully saturated rings. The van der Waals surface area contributed by atoms with Gasteiger partial charge in [-0.05, 0) is 36.8 Å². The Hall–Kier alpha value is -3.08. The number of hydrogen-bond acceptors (Lipinski definition) is 4. The molecule has 24 heavy (non-hydrogen) atoms. The summed E-state index contributed by atoms with van der Waals surface area (Å²) >= 11 is 0. The minimum absolute atomic E-state index is 0.190. The second-order valence-electron chi connectivity index (χ2n) is 5.40. The van der Waals surface area contributed by atoms with Crippen molar-refractivity contribution in [1.29, 1.82) is 0 Å². The molecule has 1 heterocycles. The predicted molar refractivity (Wildman–Crippen MR) is 91.3 cm³/mol. The molecule has 1 amide bonds. The van der Waals surface area contributed by atoms with Crippen molar-refractivity contribution < 1.29 is 14.1 Å². The molecular formula is C19H18N2O3. The molecule has 122 valence electrons. The third kappa shape index (κ3) is 4.23. The molecular weight excluding hydrogens is 304 g/mol. The number of amides is 1. The minimum atomic E-state index is -0.326. The largest absolute Gasteiger partial charge is 0.493 e. The molecule has 0 bridgehead atoms. The first-order valence-electron chi connectivity index (χ1n) is 7.72. The lowest BCUT2D eigenvalue weighted by molar-refractivity contribution is 0.0988. The van der Waals surface area contributed by atoms with E-state index in [4.69, 9.17) is 9.26 Å². The number of aryl methyl sites for hydroxylation is 1. The van der Waals surface area contributed by atoms with Gasteiger partial charge in [-0.25, -0.2) is 0 Å². The smallest absolute Gasteiger partial charge is 0.294 e. The molecule has 0 saturated heterocycles. The van der Waals surface area contributed by atoms with E-state index in [1.807, 2.05) is 30.3 Å². The van der Waals surface area contributed by atoms with Gasteiger partial charge in [-0.15, -0.1) is 0 Å². The zero-order chi connectivity index (χ0) is 16.8. The van der Waals surface area contributed by atoms with E-state index in [2.05, 4.69) is 22.6 Å². The average Bonchev–Trinajstić information content (AvgIpc) is 3.04. The van der Waals surface area contributed by atoms with Gasteiger partial charge in [-0.3, -0.25) is 4.79 Å². The standard InChI is InChI=1S/C19H18N2O3/c1-14-13-18(24-21-14)19(22)20-16-7-9-17(10-8-16)23-12-11-15-5-3-2-4-6-15/h2-10,13H,11-12H2,1H3,(H,20,22). The summed E-state index contributed by atoms with van der Waals surface area (Å²) < 4.78 is 10.6. The normalized spacial score (nSPS) is 10.4. The van der Waals surface area contributed by atoms with Crippen LogP contribution in [0.25, 0.3) is 0 Å². The highest BCUT2D eigenvalue weighted by molar-refractivity contribution is 6.02. The Labute approximate surface area is 140 Å². The monoisotopic (exact) mass is 322 g/mol. The van der Waals surface area contributed by atoms with Gasteiger partial charge in [0.2, 0.25) is 5.76 Å². The topological polar surface area (TPSA) is 64.4 Å². The molecule has 3 aromatic rings. The summed E-state index contributed by atoms with van der Waals surface area (Å²) in [5.74, 6) is 0.628. The van der Waals surface area contributed by atoms with E-state index < -0.39 is 0 Å². The highest BCUT2D eigenvalue weighted by Gasteiger charge is 2.11. The Bertz CT molecular complexity index is 795. The van der Waals surface area contributed by atoms with Crippen molar-refractivity contribution in [2.75, 3.05) is 11.9 Å². The van der Waals surface area contributed by atoms with Crippen LogP contribution in [-0.4, -0.2) is 17.7 Å². The summed E-state index contributed by atoms with van der Waals surface area (Å²) in [6.45, 7) is 2.37. The van der Waals surface area contributed by atoms with Gasteiger partial charge >= 0.3 is 0 Å². The third-order valence-electron chi connectivity index (χ3n) is 3.47. The van der Waals surface area contributed by atoms with Crippen LogP contribution in [0.4, 0.5) is 5.69 Å². The summed E-state index contributed by atoms with van der Waals surface area (Å²) in [4.78, 5) is 12.0. The van der Waals surface area contributed by atoms with E-state index in [1.165, 1.54) is 5.56 Å². The lowest BCUT2D eigenvalue weighted by atomic mass is 10.2. The van der Waals surface area contributed by atoms with Gasteiger partial charge < -0.3 is 14.6 Å². The molecule has 0 radical (unpaired) electrons. The van der Waals surface area contributed by atoms with Gasteiger partial charge in [-0.1, -0.05) is 35.5 Å². The van der Waals surface area contributed by atoms with Crippen molar-refractivity contribution in [3.8, 4) is 5.75 Å². The average molecular weight is 322 g/mol. The molecule has 0 aliphatic carbocycles. The van der Waals surface area contributed by atoms with Crippen LogP contribution < -0.4 is 10.1 Å². The van der Waals surface area contributed by atoms with Gasteiger partial charge in [0, 0.05) is 18.2 Å². The zero-order valence-electron chi connectivity index (χ0n) is 13.4. The summed E-state index contributed by atoms with van der Waals surface area (Å²) in [7, 11) is 0. The molecule has 1 aromatic heterocycles. The number of anilines is 1. The quantitative estimate of drug-likeness (QED) is 0.748. The van der Waals surface area contributed by atoms with Crippen molar-refractivity contribution >= 4 is 11.6 Å². The number of hydrogen-bond donors (Lipinski definition) is 1. The van der Waals surface area contributed by atoms with Crippen LogP contribution in [0.2, 0.25) is 0 Å². The maximum atomic E-state index is 12.0. The zero-order valence-corrected chi connectivity index (χ0v) is 13.4. The van der Waals surface area contributed by atoms with Gasteiger partial charge in [0.15, 0.2) is 0 Å². The molecule has 2 aromatic carbocycles. The SMILES string of the molecule is Cc1cc(C(=O)Nc2ccc(OCCc3ccccc3)cc2)on1. The summed E-state index contributed by atoms with van der Waals surface area (Å²) in [5, 5.41) is 6.45. The maximum absolute atomic E-state index is 12.0. The third-order valence-corrected chi connectivity index (χ3v) is 3.47.